The molecule has 0 bridgehead atoms. The van der Waals surface area contributed by atoms with Gasteiger partial charge in [0.2, 0.25) is 10.0 Å². The SMILES string of the molecule is Cc1cc2ncnc(N3CCCC(CNS(C)(=O)=O)CC3)c2cc1C. The van der Waals surface area contributed by atoms with Crippen LogP contribution in [0.3, 0.4) is 0 Å². The van der Waals surface area contributed by atoms with Gasteiger partial charge >= 0.3 is 0 Å². The second kappa shape index (κ2) is 7.25. The number of hydrogen-bond acceptors (Lipinski definition) is 5. The van der Waals surface area contributed by atoms with E-state index in [1.165, 1.54) is 17.4 Å². The lowest BCUT2D eigenvalue weighted by atomic mass is 10.0. The summed E-state index contributed by atoms with van der Waals surface area (Å²) < 4.78 is 25.3. The van der Waals surface area contributed by atoms with Crippen molar-refractivity contribution in [1.82, 2.24) is 14.7 Å². The fraction of sp³-hybridized carbons (Fsp3) is 0.556. The van der Waals surface area contributed by atoms with Crippen LogP contribution in [-0.4, -0.2) is 44.3 Å². The summed E-state index contributed by atoms with van der Waals surface area (Å²) >= 11 is 0. The van der Waals surface area contributed by atoms with Gasteiger partial charge in [0.25, 0.3) is 0 Å². The Balaban J connectivity index is 1.79. The Kier molecular flexibility index (Phi) is 5.24. The third-order valence-corrected chi connectivity index (χ3v) is 5.70. The van der Waals surface area contributed by atoms with Gasteiger partial charge in [0.05, 0.1) is 11.8 Å². The molecule has 1 saturated heterocycles. The maximum atomic E-state index is 11.3. The number of nitrogens with one attached hydrogen (secondary N) is 1. The van der Waals surface area contributed by atoms with Gasteiger partial charge in [-0.2, -0.15) is 0 Å². The first-order valence-electron chi connectivity index (χ1n) is 8.75. The molecule has 0 amide bonds. The van der Waals surface area contributed by atoms with E-state index in [1.807, 2.05) is 0 Å². The first-order valence-corrected chi connectivity index (χ1v) is 10.6. The summed E-state index contributed by atoms with van der Waals surface area (Å²) in [5.41, 5.74) is 3.46. The van der Waals surface area contributed by atoms with Gasteiger partial charge < -0.3 is 4.90 Å². The van der Waals surface area contributed by atoms with Crippen LogP contribution in [-0.2, 0) is 10.0 Å². The van der Waals surface area contributed by atoms with Crippen molar-refractivity contribution in [3.05, 3.63) is 29.6 Å². The number of aryl methyl sites for hydroxylation is 2. The molecule has 25 heavy (non-hydrogen) atoms. The van der Waals surface area contributed by atoms with Crippen LogP contribution in [0.15, 0.2) is 18.5 Å². The van der Waals surface area contributed by atoms with Crippen molar-refractivity contribution < 1.29 is 8.42 Å². The largest absolute Gasteiger partial charge is 0.356 e. The molecule has 0 saturated carbocycles. The monoisotopic (exact) mass is 362 g/mol. The summed E-state index contributed by atoms with van der Waals surface area (Å²) in [4.78, 5) is 11.3. The van der Waals surface area contributed by atoms with Gasteiger partial charge in [0, 0.05) is 25.0 Å². The molecule has 1 atom stereocenters. The van der Waals surface area contributed by atoms with Crippen molar-refractivity contribution in [3.8, 4) is 0 Å². The lowest BCUT2D eigenvalue weighted by Crippen LogP contribution is -2.29. The van der Waals surface area contributed by atoms with Gasteiger partial charge in [-0.1, -0.05) is 0 Å². The molecule has 6 nitrogen and oxygen atoms in total. The fourth-order valence-electron chi connectivity index (χ4n) is 3.40. The molecule has 0 radical (unpaired) electrons. The van der Waals surface area contributed by atoms with Crippen molar-refractivity contribution >= 4 is 26.7 Å². The van der Waals surface area contributed by atoms with E-state index in [0.717, 1.165) is 49.1 Å². The molecule has 136 valence electrons. The molecule has 1 aliphatic heterocycles. The summed E-state index contributed by atoms with van der Waals surface area (Å²) in [6, 6.07) is 4.29. The quantitative estimate of drug-likeness (QED) is 0.904. The number of anilines is 1. The Morgan fingerprint density at radius 3 is 2.68 bits per heavy atom. The number of fused-ring (bicyclic) bond motifs is 1. The standard InChI is InChI=1S/C18H26N4O2S/c1-13-9-16-17(10-14(13)2)19-12-20-18(16)22-7-4-5-15(6-8-22)11-21-25(3,23)24/h9-10,12,15,21H,4-8,11H2,1-3H3. The number of sulfonamides is 1. The van der Waals surface area contributed by atoms with E-state index in [4.69, 9.17) is 0 Å². The molecule has 1 unspecified atom stereocenters. The van der Waals surface area contributed by atoms with E-state index in [2.05, 4.69) is 45.6 Å². The van der Waals surface area contributed by atoms with Crippen molar-refractivity contribution in [2.75, 3.05) is 30.8 Å². The lowest BCUT2D eigenvalue weighted by molar-refractivity contribution is 0.464. The Morgan fingerprint density at radius 2 is 1.92 bits per heavy atom. The van der Waals surface area contributed by atoms with Crippen molar-refractivity contribution in [1.29, 1.82) is 0 Å². The average molecular weight is 362 g/mol. The van der Waals surface area contributed by atoms with Crippen LogP contribution in [0.25, 0.3) is 10.9 Å². The molecule has 1 N–H and O–H groups in total. The van der Waals surface area contributed by atoms with Crippen LogP contribution in [0.1, 0.15) is 30.4 Å². The minimum atomic E-state index is -3.12. The molecule has 1 aromatic carbocycles. The summed E-state index contributed by atoms with van der Waals surface area (Å²) in [5, 5.41) is 1.10. The maximum Gasteiger partial charge on any atom is 0.208 e. The molecule has 7 heteroatoms. The summed E-state index contributed by atoms with van der Waals surface area (Å²) in [7, 11) is -3.12. The third kappa shape index (κ3) is 4.46. The fourth-order valence-corrected chi connectivity index (χ4v) is 3.94. The predicted molar refractivity (Wildman–Crippen MR) is 101 cm³/mol. The third-order valence-electron chi connectivity index (χ3n) is 5.01. The van der Waals surface area contributed by atoms with Gasteiger partial charge in [0.15, 0.2) is 0 Å². The van der Waals surface area contributed by atoms with Crippen molar-refractivity contribution in [3.63, 3.8) is 0 Å². The molecule has 0 aliphatic carbocycles. The van der Waals surface area contributed by atoms with E-state index in [0.29, 0.717) is 12.5 Å². The van der Waals surface area contributed by atoms with Crippen molar-refractivity contribution in [2.24, 2.45) is 5.92 Å². The van der Waals surface area contributed by atoms with Crippen molar-refractivity contribution in [2.45, 2.75) is 33.1 Å². The second-order valence-corrected chi connectivity index (χ2v) is 8.89. The van der Waals surface area contributed by atoms with Crippen LogP contribution in [0.5, 0.6) is 0 Å². The van der Waals surface area contributed by atoms with Crippen LogP contribution >= 0.6 is 0 Å². The van der Waals surface area contributed by atoms with Crippen LogP contribution < -0.4 is 9.62 Å². The average Bonchev–Trinajstić information content (AvgIpc) is 2.78. The first kappa shape index (κ1) is 18.1. The highest BCUT2D eigenvalue weighted by Gasteiger charge is 2.20. The van der Waals surface area contributed by atoms with Crippen LogP contribution in [0, 0.1) is 19.8 Å². The number of aromatic nitrogens is 2. The van der Waals surface area contributed by atoms with E-state index in [-0.39, 0.29) is 0 Å². The van der Waals surface area contributed by atoms with Crippen LogP contribution in [0.4, 0.5) is 5.82 Å². The number of rotatable bonds is 4. The Morgan fingerprint density at radius 1 is 1.16 bits per heavy atom. The zero-order chi connectivity index (χ0) is 18.0. The summed E-state index contributed by atoms with van der Waals surface area (Å²) in [6.45, 7) is 6.56. The number of hydrogen-bond donors (Lipinski definition) is 1. The summed E-state index contributed by atoms with van der Waals surface area (Å²) in [5.74, 6) is 1.36. The van der Waals surface area contributed by atoms with E-state index in [9.17, 15) is 8.42 Å². The summed E-state index contributed by atoms with van der Waals surface area (Å²) in [6.07, 6.45) is 5.87. The van der Waals surface area contributed by atoms with E-state index < -0.39 is 10.0 Å². The number of nitrogens with zero attached hydrogens (tertiary/aromatic N) is 3. The molecule has 2 aromatic rings. The predicted octanol–water partition coefficient (Wildman–Crippen LogP) is 2.40. The normalized spacial score (nSPS) is 19.2. The smallest absolute Gasteiger partial charge is 0.208 e. The minimum absolute atomic E-state index is 0.372. The Labute approximate surface area is 149 Å². The highest BCUT2D eigenvalue weighted by molar-refractivity contribution is 7.88. The van der Waals surface area contributed by atoms with Gasteiger partial charge in [-0.3, -0.25) is 0 Å². The van der Waals surface area contributed by atoms with E-state index >= 15 is 0 Å². The highest BCUT2D eigenvalue weighted by atomic mass is 32.2. The Bertz CT molecular complexity index is 867. The highest BCUT2D eigenvalue weighted by Crippen LogP contribution is 2.28. The second-order valence-electron chi connectivity index (χ2n) is 7.06. The van der Waals surface area contributed by atoms with Gasteiger partial charge in [-0.05, 0) is 62.3 Å². The minimum Gasteiger partial charge on any atom is -0.356 e. The molecule has 1 aromatic heterocycles. The molecule has 0 spiro atoms. The van der Waals surface area contributed by atoms with Gasteiger partial charge in [0.1, 0.15) is 12.1 Å². The van der Waals surface area contributed by atoms with Gasteiger partial charge in [-0.15, -0.1) is 0 Å². The first-order chi connectivity index (χ1) is 11.8. The number of benzene rings is 1. The zero-order valence-electron chi connectivity index (χ0n) is 15.1. The van der Waals surface area contributed by atoms with Gasteiger partial charge in [-0.25, -0.2) is 23.1 Å². The molecular formula is C18H26N4O2S. The molecule has 2 heterocycles. The van der Waals surface area contributed by atoms with E-state index in [1.54, 1.807) is 6.33 Å². The molecule has 1 fully saturated rings. The Hall–Kier alpha value is -1.73. The topological polar surface area (TPSA) is 75.2 Å². The molecule has 1 aliphatic rings. The molecule has 3 rings (SSSR count). The molecular weight excluding hydrogens is 336 g/mol. The zero-order valence-corrected chi connectivity index (χ0v) is 15.9. The lowest BCUT2D eigenvalue weighted by Gasteiger charge is -2.23. The van der Waals surface area contributed by atoms with Crippen LogP contribution in [0.2, 0.25) is 0 Å². The maximum absolute atomic E-state index is 11.3.